The van der Waals surface area contributed by atoms with E-state index in [1.807, 2.05) is 0 Å². The van der Waals surface area contributed by atoms with E-state index < -0.39 is 23.2 Å². The number of benzene rings is 1. The molecule has 0 bridgehead atoms. The van der Waals surface area contributed by atoms with Gasteiger partial charge in [-0.05, 0) is 45.9 Å². The molecule has 1 unspecified atom stereocenters. The number of esters is 1. The van der Waals surface area contributed by atoms with E-state index in [4.69, 9.17) is 25.6 Å². The first kappa shape index (κ1) is 24.1. The monoisotopic (exact) mass is 469 g/mol. The molecule has 0 saturated heterocycles. The minimum Gasteiger partial charge on any atom is -0.495 e. The summed E-state index contributed by atoms with van der Waals surface area (Å²) in [5.74, 6) is 0.115. The van der Waals surface area contributed by atoms with Crippen molar-refractivity contribution in [1.29, 1.82) is 5.26 Å². The summed E-state index contributed by atoms with van der Waals surface area (Å²) >= 11 is 6.12. The second kappa shape index (κ2) is 9.51. The van der Waals surface area contributed by atoms with E-state index in [1.165, 1.54) is 23.9 Å². The van der Waals surface area contributed by atoms with Gasteiger partial charge in [0, 0.05) is 34.7 Å². The van der Waals surface area contributed by atoms with E-state index >= 15 is 0 Å². The van der Waals surface area contributed by atoms with Gasteiger partial charge in [0.2, 0.25) is 0 Å². The molecule has 0 fully saturated rings. The average Bonchev–Trinajstić information content (AvgIpc) is 3.15. The maximum absolute atomic E-state index is 13.2. The fourth-order valence-electron chi connectivity index (χ4n) is 3.35. The van der Waals surface area contributed by atoms with E-state index in [0.717, 1.165) is 0 Å². The van der Waals surface area contributed by atoms with Gasteiger partial charge in [0.05, 0.1) is 30.6 Å². The summed E-state index contributed by atoms with van der Waals surface area (Å²) in [6.07, 6.45) is 1.48. The maximum atomic E-state index is 13.2. The Morgan fingerprint density at radius 2 is 2.00 bits per heavy atom. The fourth-order valence-corrected chi connectivity index (χ4v) is 3.52. The number of nitrogens with zero attached hydrogens (tertiary/aromatic N) is 3. The molecule has 2 heterocycles. The first-order chi connectivity index (χ1) is 15.5. The zero-order chi connectivity index (χ0) is 24.3. The Morgan fingerprint density at radius 3 is 2.58 bits per heavy atom. The summed E-state index contributed by atoms with van der Waals surface area (Å²) < 4.78 is 17.6. The highest BCUT2D eigenvalue weighted by Crippen LogP contribution is 2.33. The molecule has 0 aliphatic carbocycles. The largest absolute Gasteiger partial charge is 0.495 e. The molecule has 0 N–H and O–H groups in total. The average molecular weight is 470 g/mol. The van der Waals surface area contributed by atoms with Crippen LogP contribution in [0.1, 0.15) is 43.8 Å². The molecule has 1 aromatic carbocycles. The molecular formula is C24H24ClN3O5. The second-order valence-corrected chi connectivity index (χ2v) is 8.93. The van der Waals surface area contributed by atoms with Gasteiger partial charge in [0.15, 0.2) is 0 Å². The first-order valence-electron chi connectivity index (χ1n) is 10.2. The highest BCUT2D eigenvalue weighted by molar-refractivity contribution is 6.31. The van der Waals surface area contributed by atoms with Crippen LogP contribution >= 0.6 is 11.6 Å². The summed E-state index contributed by atoms with van der Waals surface area (Å²) in [6.45, 7) is 7.00. The molecule has 3 rings (SSSR count). The zero-order valence-electron chi connectivity index (χ0n) is 19.0. The Kier molecular flexibility index (Phi) is 6.94. The molecule has 172 valence electrons. The SMILES string of the molecule is COc1cn(C(Cc2cc(C)no2)C(=O)OC(C)(C)C)c(=O)cc1-c1cc(Cl)ccc1C#N. The standard InChI is InChI=1S/C24H24ClN3O5/c1-14-8-17(33-27-14)10-20(23(30)32-24(2,3)4)28-13-21(31-5)19(11-22(28)29)18-9-16(25)7-6-15(18)12-26/h6-9,11,13,20H,10H2,1-5H3. The molecule has 3 aromatic rings. The van der Waals surface area contributed by atoms with Crippen LogP contribution in [0.25, 0.3) is 11.1 Å². The summed E-state index contributed by atoms with van der Waals surface area (Å²) in [4.78, 5) is 26.3. The molecule has 0 aliphatic heterocycles. The number of hydrogen-bond donors (Lipinski definition) is 0. The van der Waals surface area contributed by atoms with Gasteiger partial charge in [-0.15, -0.1) is 0 Å². The fraction of sp³-hybridized carbons (Fsp3) is 0.333. The zero-order valence-corrected chi connectivity index (χ0v) is 19.8. The van der Waals surface area contributed by atoms with E-state index in [2.05, 4.69) is 11.2 Å². The van der Waals surface area contributed by atoms with Crippen LogP contribution in [0.5, 0.6) is 5.75 Å². The third-order valence-corrected chi connectivity index (χ3v) is 4.98. The van der Waals surface area contributed by atoms with Crippen molar-refractivity contribution in [1.82, 2.24) is 9.72 Å². The number of halogens is 1. The molecule has 0 saturated carbocycles. The Balaban J connectivity index is 2.15. The number of rotatable bonds is 6. The molecule has 2 aromatic heterocycles. The lowest BCUT2D eigenvalue weighted by Gasteiger charge is -2.25. The van der Waals surface area contributed by atoms with Gasteiger partial charge >= 0.3 is 5.97 Å². The van der Waals surface area contributed by atoms with E-state index in [0.29, 0.717) is 33.2 Å². The number of methoxy groups -OCH3 is 1. The van der Waals surface area contributed by atoms with Crippen molar-refractivity contribution in [3.05, 3.63) is 68.9 Å². The minimum atomic E-state index is -1.03. The third-order valence-electron chi connectivity index (χ3n) is 4.74. The molecule has 9 heteroatoms. The lowest BCUT2D eigenvalue weighted by atomic mass is 10.00. The van der Waals surface area contributed by atoms with Crippen molar-refractivity contribution in [2.24, 2.45) is 0 Å². The number of ether oxygens (including phenoxy) is 2. The van der Waals surface area contributed by atoms with Crippen LogP contribution in [-0.2, 0) is 16.0 Å². The van der Waals surface area contributed by atoms with Crippen LogP contribution in [0.3, 0.4) is 0 Å². The number of pyridine rings is 1. The van der Waals surface area contributed by atoms with Crippen molar-refractivity contribution in [2.45, 2.75) is 45.8 Å². The van der Waals surface area contributed by atoms with Crippen LogP contribution in [0.2, 0.25) is 5.02 Å². The normalized spacial score (nSPS) is 12.2. The minimum absolute atomic E-state index is 0.0543. The van der Waals surface area contributed by atoms with Crippen LogP contribution in [0.15, 0.2) is 45.8 Å². The molecular weight excluding hydrogens is 446 g/mol. The van der Waals surface area contributed by atoms with Crippen LogP contribution in [0, 0.1) is 18.3 Å². The molecule has 0 spiro atoms. The van der Waals surface area contributed by atoms with Gasteiger partial charge < -0.3 is 14.0 Å². The Labute approximate surface area is 196 Å². The predicted octanol–water partition coefficient (Wildman–Crippen LogP) is 4.47. The number of aryl methyl sites for hydroxylation is 1. The molecule has 33 heavy (non-hydrogen) atoms. The molecule has 0 aliphatic rings. The van der Waals surface area contributed by atoms with Crippen LogP contribution in [-0.4, -0.2) is 28.4 Å². The smallest absolute Gasteiger partial charge is 0.330 e. The van der Waals surface area contributed by atoms with Crippen LogP contribution < -0.4 is 10.3 Å². The molecule has 0 radical (unpaired) electrons. The Bertz CT molecular complexity index is 1280. The number of hydrogen-bond acceptors (Lipinski definition) is 7. The molecule has 1 atom stereocenters. The van der Waals surface area contributed by atoms with E-state index in [9.17, 15) is 14.9 Å². The summed E-state index contributed by atoms with van der Waals surface area (Å²) in [5.41, 5.74) is 0.570. The lowest BCUT2D eigenvalue weighted by Crippen LogP contribution is -2.36. The maximum Gasteiger partial charge on any atom is 0.330 e. The van der Waals surface area contributed by atoms with Crippen molar-refractivity contribution in [3.63, 3.8) is 0 Å². The quantitative estimate of drug-likeness (QED) is 0.490. The molecule has 0 amide bonds. The number of carbonyl (C=O) groups excluding carboxylic acids is 1. The highest BCUT2D eigenvalue weighted by atomic mass is 35.5. The lowest BCUT2D eigenvalue weighted by molar-refractivity contribution is -0.159. The molecule has 8 nitrogen and oxygen atoms in total. The number of aromatic nitrogens is 2. The van der Waals surface area contributed by atoms with Crippen molar-refractivity contribution < 1.29 is 18.8 Å². The van der Waals surface area contributed by atoms with Crippen molar-refractivity contribution >= 4 is 17.6 Å². The number of carbonyl (C=O) groups is 1. The summed E-state index contributed by atoms with van der Waals surface area (Å²) in [6, 6.07) is 8.82. The highest BCUT2D eigenvalue weighted by Gasteiger charge is 2.30. The first-order valence-corrected chi connectivity index (χ1v) is 10.6. The Hall–Kier alpha value is -3.57. The number of nitriles is 1. The second-order valence-electron chi connectivity index (χ2n) is 8.49. The summed E-state index contributed by atoms with van der Waals surface area (Å²) in [5, 5.41) is 13.8. The topological polar surface area (TPSA) is 107 Å². The van der Waals surface area contributed by atoms with Gasteiger partial charge in [-0.1, -0.05) is 16.8 Å². The van der Waals surface area contributed by atoms with E-state index in [-0.39, 0.29) is 12.2 Å². The van der Waals surface area contributed by atoms with Gasteiger partial charge in [0.25, 0.3) is 5.56 Å². The van der Waals surface area contributed by atoms with Gasteiger partial charge in [-0.25, -0.2) is 4.79 Å². The van der Waals surface area contributed by atoms with Crippen molar-refractivity contribution in [2.75, 3.05) is 7.11 Å². The van der Waals surface area contributed by atoms with Crippen LogP contribution in [0.4, 0.5) is 0 Å². The Morgan fingerprint density at radius 1 is 1.27 bits per heavy atom. The van der Waals surface area contributed by atoms with Gasteiger partial charge in [-0.2, -0.15) is 5.26 Å². The van der Waals surface area contributed by atoms with E-state index in [1.54, 1.807) is 52.0 Å². The van der Waals surface area contributed by atoms with Gasteiger partial charge in [-0.3, -0.25) is 9.36 Å². The van der Waals surface area contributed by atoms with Crippen molar-refractivity contribution in [3.8, 4) is 22.9 Å². The predicted molar refractivity (Wildman–Crippen MR) is 122 cm³/mol. The third kappa shape index (κ3) is 5.62. The van der Waals surface area contributed by atoms with Gasteiger partial charge in [0.1, 0.15) is 23.2 Å². The summed E-state index contributed by atoms with van der Waals surface area (Å²) in [7, 11) is 1.44.